The predicted molar refractivity (Wildman–Crippen MR) is 91.9 cm³/mol. The number of thiophene rings is 1. The second-order valence-electron chi connectivity index (χ2n) is 4.44. The van der Waals surface area contributed by atoms with Crippen LogP contribution in [0, 0.1) is 17.0 Å². The second-order valence-corrected chi connectivity index (χ2v) is 7.86. The Bertz CT molecular complexity index is 646. The number of aliphatic hydroxyl groups is 1. The minimum absolute atomic E-state index is 0.0435. The Morgan fingerprint density at radius 2 is 2.14 bits per heavy atom. The van der Waals surface area contributed by atoms with Gasteiger partial charge < -0.3 is 5.11 Å². The Hall–Kier alpha value is -1.09. The summed E-state index contributed by atoms with van der Waals surface area (Å²) in [5.41, 5.74) is 1.95. The standard InChI is InChI=1S/C14H16N2O3S3/c1-10-11(9-17)15-5-3-13(10)20-6-2-7-21-14-12(16(18)19)4-8-22-14/h3-5,8,17H,2,6-7,9H2,1H3. The lowest BCUT2D eigenvalue weighted by atomic mass is 10.2. The lowest BCUT2D eigenvalue weighted by Crippen LogP contribution is -1.95. The monoisotopic (exact) mass is 356 g/mol. The number of rotatable bonds is 8. The number of aliphatic hydroxyl groups excluding tert-OH is 1. The maximum Gasteiger partial charge on any atom is 0.293 e. The molecule has 0 fully saturated rings. The Morgan fingerprint density at radius 3 is 2.86 bits per heavy atom. The SMILES string of the molecule is Cc1c(SCCCSc2sccc2[N+](=O)[O-])ccnc1CO. The topological polar surface area (TPSA) is 76.3 Å². The molecule has 0 aliphatic rings. The molecule has 0 atom stereocenters. The number of hydrogen-bond donors (Lipinski definition) is 1. The first-order valence-corrected chi connectivity index (χ1v) is 9.51. The van der Waals surface area contributed by atoms with Crippen LogP contribution in [0.3, 0.4) is 0 Å². The van der Waals surface area contributed by atoms with Crippen molar-refractivity contribution in [3.63, 3.8) is 0 Å². The fraction of sp³-hybridized carbons (Fsp3) is 0.357. The summed E-state index contributed by atoms with van der Waals surface area (Å²) in [4.78, 5) is 15.8. The van der Waals surface area contributed by atoms with Crippen molar-refractivity contribution in [3.8, 4) is 0 Å². The van der Waals surface area contributed by atoms with Gasteiger partial charge in [-0.05, 0) is 41.9 Å². The average Bonchev–Trinajstić information content (AvgIpc) is 2.97. The molecule has 0 amide bonds. The molecule has 0 aromatic carbocycles. The minimum Gasteiger partial charge on any atom is -0.390 e. The van der Waals surface area contributed by atoms with Crippen LogP contribution in [0.5, 0.6) is 0 Å². The van der Waals surface area contributed by atoms with Gasteiger partial charge >= 0.3 is 0 Å². The number of thioether (sulfide) groups is 2. The summed E-state index contributed by atoms with van der Waals surface area (Å²) < 4.78 is 0.776. The van der Waals surface area contributed by atoms with Crippen LogP contribution >= 0.6 is 34.9 Å². The van der Waals surface area contributed by atoms with Crippen molar-refractivity contribution in [1.82, 2.24) is 4.98 Å². The molecule has 2 heterocycles. The van der Waals surface area contributed by atoms with E-state index >= 15 is 0 Å². The predicted octanol–water partition coefficient (Wildman–Crippen LogP) is 4.13. The fourth-order valence-electron chi connectivity index (χ4n) is 1.81. The molecule has 0 aliphatic carbocycles. The number of nitrogens with zero attached hydrogens (tertiary/aromatic N) is 2. The van der Waals surface area contributed by atoms with Crippen molar-refractivity contribution in [2.45, 2.75) is 29.1 Å². The van der Waals surface area contributed by atoms with Crippen molar-refractivity contribution in [3.05, 3.63) is 45.1 Å². The largest absolute Gasteiger partial charge is 0.390 e. The molecular weight excluding hydrogens is 340 g/mol. The van der Waals surface area contributed by atoms with Gasteiger partial charge in [-0.1, -0.05) is 0 Å². The lowest BCUT2D eigenvalue weighted by molar-refractivity contribution is -0.387. The molecule has 2 rings (SSSR count). The van der Waals surface area contributed by atoms with E-state index < -0.39 is 0 Å². The van der Waals surface area contributed by atoms with E-state index in [2.05, 4.69) is 4.98 Å². The zero-order valence-corrected chi connectivity index (χ0v) is 14.5. The van der Waals surface area contributed by atoms with Crippen molar-refractivity contribution in [1.29, 1.82) is 0 Å². The first-order chi connectivity index (χ1) is 10.6. The van der Waals surface area contributed by atoms with Crippen molar-refractivity contribution < 1.29 is 10.0 Å². The van der Waals surface area contributed by atoms with Gasteiger partial charge in [0.2, 0.25) is 0 Å². The highest BCUT2D eigenvalue weighted by Crippen LogP contribution is 2.35. The van der Waals surface area contributed by atoms with E-state index in [1.165, 1.54) is 11.3 Å². The zero-order valence-electron chi connectivity index (χ0n) is 12.0. The van der Waals surface area contributed by atoms with E-state index in [0.717, 1.165) is 32.6 Å². The normalized spacial score (nSPS) is 10.8. The summed E-state index contributed by atoms with van der Waals surface area (Å²) in [6.07, 6.45) is 2.67. The Kier molecular flexibility index (Phi) is 6.69. The van der Waals surface area contributed by atoms with Gasteiger partial charge in [0.25, 0.3) is 5.69 Å². The van der Waals surface area contributed by atoms with Crippen LogP contribution < -0.4 is 0 Å². The molecule has 0 unspecified atom stereocenters. The lowest BCUT2D eigenvalue weighted by Gasteiger charge is -2.08. The average molecular weight is 356 g/mol. The van der Waals surface area contributed by atoms with Crippen molar-refractivity contribution >= 4 is 40.5 Å². The van der Waals surface area contributed by atoms with Gasteiger partial charge in [0, 0.05) is 17.2 Å². The number of nitro groups is 1. The van der Waals surface area contributed by atoms with Gasteiger partial charge in [0.15, 0.2) is 0 Å². The van der Waals surface area contributed by atoms with Gasteiger partial charge in [0.1, 0.15) is 4.21 Å². The molecule has 118 valence electrons. The summed E-state index contributed by atoms with van der Waals surface area (Å²) in [6.45, 7) is 1.92. The quantitative estimate of drug-likeness (QED) is 0.332. The van der Waals surface area contributed by atoms with E-state index in [9.17, 15) is 15.2 Å². The highest BCUT2D eigenvalue weighted by molar-refractivity contribution is 8.01. The van der Waals surface area contributed by atoms with Crippen molar-refractivity contribution in [2.75, 3.05) is 11.5 Å². The third-order valence-corrected chi connectivity index (χ3v) is 6.54. The van der Waals surface area contributed by atoms with Gasteiger partial charge in [0.05, 0.1) is 17.2 Å². The second kappa shape index (κ2) is 8.52. The Labute approximate surface area is 141 Å². The first kappa shape index (κ1) is 17.3. The molecule has 0 saturated heterocycles. The smallest absolute Gasteiger partial charge is 0.293 e. The first-order valence-electron chi connectivity index (χ1n) is 6.66. The van der Waals surface area contributed by atoms with Gasteiger partial charge in [-0.15, -0.1) is 34.9 Å². The van der Waals surface area contributed by atoms with E-state index in [0.29, 0.717) is 5.69 Å². The molecule has 22 heavy (non-hydrogen) atoms. The van der Waals surface area contributed by atoms with Crippen molar-refractivity contribution in [2.24, 2.45) is 0 Å². The molecule has 1 N–H and O–H groups in total. The van der Waals surface area contributed by atoms with Gasteiger partial charge in [-0.2, -0.15) is 0 Å². The summed E-state index contributed by atoms with van der Waals surface area (Å²) in [6, 6.07) is 3.51. The molecule has 2 aromatic heterocycles. The fourth-order valence-corrected chi connectivity index (χ4v) is 5.03. The van der Waals surface area contributed by atoms with Gasteiger partial charge in [-0.25, -0.2) is 0 Å². The van der Waals surface area contributed by atoms with Crippen LogP contribution in [-0.2, 0) is 6.61 Å². The number of pyridine rings is 1. The highest BCUT2D eigenvalue weighted by atomic mass is 32.2. The maximum absolute atomic E-state index is 10.8. The van der Waals surface area contributed by atoms with Crippen LogP contribution in [0.25, 0.3) is 0 Å². The zero-order chi connectivity index (χ0) is 15.9. The molecular formula is C14H16N2O3S3. The third kappa shape index (κ3) is 4.45. The highest BCUT2D eigenvalue weighted by Gasteiger charge is 2.14. The Balaban J connectivity index is 1.78. The summed E-state index contributed by atoms with van der Waals surface area (Å²) >= 11 is 4.69. The maximum atomic E-state index is 10.8. The van der Waals surface area contributed by atoms with E-state index in [1.54, 1.807) is 41.2 Å². The minimum atomic E-state index is -0.329. The summed E-state index contributed by atoms with van der Waals surface area (Å²) in [7, 11) is 0. The molecule has 0 bridgehead atoms. The molecule has 0 radical (unpaired) electrons. The molecule has 2 aromatic rings. The van der Waals surface area contributed by atoms with Crippen LogP contribution in [0.4, 0.5) is 5.69 Å². The number of hydrogen-bond acceptors (Lipinski definition) is 7. The molecule has 8 heteroatoms. The summed E-state index contributed by atoms with van der Waals surface area (Å²) in [5, 5.41) is 21.8. The number of aromatic nitrogens is 1. The summed E-state index contributed by atoms with van der Waals surface area (Å²) in [5.74, 6) is 1.78. The molecule has 0 aliphatic heterocycles. The van der Waals surface area contributed by atoms with E-state index in [-0.39, 0.29) is 17.2 Å². The van der Waals surface area contributed by atoms with Crippen LogP contribution in [0.1, 0.15) is 17.7 Å². The van der Waals surface area contributed by atoms with Crippen LogP contribution in [0.15, 0.2) is 32.8 Å². The molecule has 0 saturated carbocycles. The van der Waals surface area contributed by atoms with Crippen LogP contribution in [0.2, 0.25) is 0 Å². The van der Waals surface area contributed by atoms with E-state index in [4.69, 9.17) is 0 Å². The third-order valence-electron chi connectivity index (χ3n) is 2.99. The van der Waals surface area contributed by atoms with E-state index in [1.807, 2.05) is 13.0 Å². The molecule has 5 nitrogen and oxygen atoms in total. The Morgan fingerprint density at radius 1 is 1.36 bits per heavy atom. The van der Waals surface area contributed by atoms with Gasteiger partial charge in [-0.3, -0.25) is 15.1 Å². The van der Waals surface area contributed by atoms with Crippen LogP contribution in [-0.4, -0.2) is 26.5 Å². The molecule has 0 spiro atoms.